The molecular weight excluding hydrogens is 228 g/mol. The molecule has 0 spiro atoms. The molecule has 18 heavy (non-hydrogen) atoms. The Morgan fingerprint density at radius 1 is 1.50 bits per heavy atom. The van der Waals surface area contributed by atoms with Gasteiger partial charge in [-0.3, -0.25) is 0 Å². The maximum atomic E-state index is 5.91. The molecule has 2 rings (SSSR count). The van der Waals surface area contributed by atoms with Gasteiger partial charge in [0, 0.05) is 25.2 Å². The van der Waals surface area contributed by atoms with Crippen LogP contribution in [0.1, 0.15) is 11.1 Å². The highest BCUT2D eigenvalue weighted by Crippen LogP contribution is 2.23. The summed E-state index contributed by atoms with van der Waals surface area (Å²) in [5.74, 6) is 0.914. The van der Waals surface area contributed by atoms with E-state index in [2.05, 4.69) is 11.9 Å². The molecule has 0 saturated carbocycles. The van der Waals surface area contributed by atoms with Crippen molar-refractivity contribution in [3.8, 4) is 5.75 Å². The predicted octanol–water partition coefficient (Wildman–Crippen LogP) is 1.16. The van der Waals surface area contributed by atoms with Crippen LogP contribution >= 0.6 is 0 Å². The number of nitrogens with zero attached hydrogens (tertiary/aromatic N) is 1. The zero-order chi connectivity index (χ0) is 13.0. The Bertz CT molecular complexity index is 395. The van der Waals surface area contributed by atoms with E-state index in [0.717, 1.165) is 36.6 Å². The van der Waals surface area contributed by atoms with Gasteiger partial charge in [-0.25, -0.2) is 0 Å². The van der Waals surface area contributed by atoms with Crippen molar-refractivity contribution in [2.24, 2.45) is 5.73 Å². The number of rotatable bonds is 4. The maximum Gasteiger partial charge on any atom is 0.126 e. The van der Waals surface area contributed by atoms with E-state index in [9.17, 15) is 0 Å². The lowest BCUT2D eigenvalue weighted by Gasteiger charge is -2.30. The number of hydrogen-bond acceptors (Lipinski definition) is 4. The largest absolute Gasteiger partial charge is 0.490 e. The van der Waals surface area contributed by atoms with Gasteiger partial charge in [-0.1, -0.05) is 18.2 Å². The van der Waals surface area contributed by atoms with Gasteiger partial charge >= 0.3 is 0 Å². The second kappa shape index (κ2) is 6.18. The molecule has 1 unspecified atom stereocenters. The lowest BCUT2D eigenvalue weighted by Crippen LogP contribution is -2.42. The molecule has 1 heterocycles. The van der Waals surface area contributed by atoms with Crippen molar-refractivity contribution in [2.75, 3.05) is 33.4 Å². The van der Waals surface area contributed by atoms with Crippen LogP contribution in [0, 0.1) is 6.92 Å². The molecule has 1 atom stereocenters. The zero-order valence-electron chi connectivity index (χ0n) is 11.2. The highest BCUT2D eigenvalue weighted by molar-refractivity contribution is 5.40. The van der Waals surface area contributed by atoms with Gasteiger partial charge in [-0.15, -0.1) is 0 Å². The van der Waals surface area contributed by atoms with Crippen molar-refractivity contribution in [2.45, 2.75) is 19.6 Å². The second-order valence-electron chi connectivity index (χ2n) is 4.83. The molecular formula is C14H22N2O2. The van der Waals surface area contributed by atoms with Crippen LogP contribution in [0.3, 0.4) is 0 Å². The first-order chi connectivity index (χ1) is 8.70. The summed E-state index contributed by atoms with van der Waals surface area (Å²) < 4.78 is 11.6. The minimum atomic E-state index is 0.147. The molecule has 1 aromatic rings. The van der Waals surface area contributed by atoms with Crippen LogP contribution < -0.4 is 10.5 Å². The third-order valence-electron chi connectivity index (χ3n) is 3.27. The van der Waals surface area contributed by atoms with E-state index in [1.807, 2.05) is 25.1 Å². The van der Waals surface area contributed by atoms with E-state index in [0.29, 0.717) is 13.2 Å². The molecule has 4 nitrogen and oxygen atoms in total. The van der Waals surface area contributed by atoms with Crippen LogP contribution in [0.25, 0.3) is 0 Å². The van der Waals surface area contributed by atoms with Gasteiger partial charge in [0.1, 0.15) is 18.5 Å². The third-order valence-corrected chi connectivity index (χ3v) is 3.27. The number of morpholine rings is 1. The summed E-state index contributed by atoms with van der Waals surface area (Å²) in [4.78, 5) is 2.26. The van der Waals surface area contributed by atoms with Crippen molar-refractivity contribution in [3.63, 3.8) is 0 Å². The number of benzene rings is 1. The zero-order valence-corrected chi connectivity index (χ0v) is 11.2. The number of ether oxygens (including phenoxy) is 2. The molecule has 1 saturated heterocycles. The Labute approximate surface area is 109 Å². The molecule has 2 N–H and O–H groups in total. The molecule has 0 bridgehead atoms. The summed E-state index contributed by atoms with van der Waals surface area (Å²) in [6.45, 7) is 5.83. The quantitative estimate of drug-likeness (QED) is 0.871. The number of likely N-dealkylation sites (N-methyl/N-ethyl adjacent to an activating group) is 1. The third kappa shape index (κ3) is 3.22. The molecule has 0 radical (unpaired) electrons. The Kier molecular flexibility index (Phi) is 4.58. The second-order valence-corrected chi connectivity index (χ2v) is 4.83. The summed E-state index contributed by atoms with van der Waals surface area (Å²) in [5, 5.41) is 0. The minimum absolute atomic E-state index is 0.147. The Hall–Kier alpha value is -1.10. The van der Waals surface area contributed by atoms with E-state index in [1.165, 1.54) is 0 Å². The van der Waals surface area contributed by atoms with Gasteiger partial charge in [-0.2, -0.15) is 0 Å². The number of aryl methyl sites for hydroxylation is 1. The SMILES string of the molecule is Cc1cccc(CN)c1OCC1CN(C)CCO1. The topological polar surface area (TPSA) is 47.7 Å². The monoisotopic (exact) mass is 250 g/mol. The summed E-state index contributed by atoms with van der Waals surface area (Å²) in [6, 6.07) is 6.06. The molecule has 100 valence electrons. The first-order valence-electron chi connectivity index (χ1n) is 6.42. The Morgan fingerprint density at radius 2 is 2.33 bits per heavy atom. The number of nitrogens with two attached hydrogens (primary N) is 1. The van der Waals surface area contributed by atoms with Gasteiger partial charge in [0.2, 0.25) is 0 Å². The van der Waals surface area contributed by atoms with Crippen LogP contribution in [-0.2, 0) is 11.3 Å². The van der Waals surface area contributed by atoms with Crippen molar-refractivity contribution in [1.82, 2.24) is 4.90 Å². The van der Waals surface area contributed by atoms with Crippen LogP contribution in [-0.4, -0.2) is 44.4 Å². The Morgan fingerprint density at radius 3 is 3.06 bits per heavy atom. The average molecular weight is 250 g/mol. The molecule has 1 aliphatic rings. The smallest absolute Gasteiger partial charge is 0.126 e. The van der Waals surface area contributed by atoms with Crippen molar-refractivity contribution < 1.29 is 9.47 Å². The fourth-order valence-corrected chi connectivity index (χ4v) is 2.22. The van der Waals surface area contributed by atoms with Crippen molar-refractivity contribution in [1.29, 1.82) is 0 Å². The summed E-state index contributed by atoms with van der Waals surface area (Å²) >= 11 is 0. The standard InChI is InChI=1S/C14H22N2O2/c1-11-4-3-5-12(8-15)14(11)18-10-13-9-16(2)6-7-17-13/h3-5,13H,6-10,15H2,1-2H3. The number of para-hydroxylation sites is 1. The van der Waals surface area contributed by atoms with E-state index in [4.69, 9.17) is 15.2 Å². The van der Waals surface area contributed by atoms with Gasteiger partial charge < -0.3 is 20.1 Å². The molecule has 4 heteroatoms. The van der Waals surface area contributed by atoms with E-state index >= 15 is 0 Å². The van der Waals surface area contributed by atoms with Crippen LogP contribution in [0.4, 0.5) is 0 Å². The van der Waals surface area contributed by atoms with Gasteiger partial charge in [0.15, 0.2) is 0 Å². The van der Waals surface area contributed by atoms with Crippen molar-refractivity contribution in [3.05, 3.63) is 29.3 Å². The first kappa shape index (κ1) is 13.3. The predicted molar refractivity (Wildman–Crippen MR) is 71.8 cm³/mol. The summed E-state index contributed by atoms with van der Waals surface area (Å²) in [6.07, 6.45) is 0.147. The van der Waals surface area contributed by atoms with E-state index in [1.54, 1.807) is 0 Å². The van der Waals surface area contributed by atoms with Gasteiger partial charge in [0.05, 0.1) is 6.61 Å². The highest BCUT2D eigenvalue weighted by atomic mass is 16.5. The fourth-order valence-electron chi connectivity index (χ4n) is 2.22. The summed E-state index contributed by atoms with van der Waals surface area (Å²) in [7, 11) is 2.11. The van der Waals surface area contributed by atoms with E-state index in [-0.39, 0.29) is 6.10 Å². The molecule has 1 aromatic carbocycles. The number of hydrogen-bond donors (Lipinski definition) is 1. The van der Waals surface area contributed by atoms with Crippen LogP contribution in [0.15, 0.2) is 18.2 Å². The average Bonchev–Trinajstić information content (AvgIpc) is 2.37. The molecule has 0 aromatic heterocycles. The highest BCUT2D eigenvalue weighted by Gasteiger charge is 2.19. The molecule has 0 aliphatic carbocycles. The molecule has 0 amide bonds. The van der Waals surface area contributed by atoms with Gasteiger partial charge in [0.25, 0.3) is 0 Å². The minimum Gasteiger partial charge on any atom is -0.490 e. The van der Waals surface area contributed by atoms with Crippen LogP contribution in [0.5, 0.6) is 5.75 Å². The Balaban J connectivity index is 1.97. The first-order valence-corrected chi connectivity index (χ1v) is 6.42. The van der Waals surface area contributed by atoms with Gasteiger partial charge in [-0.05, 0) is 19.5 Å². The lowest BCUT2D eigenvalue weighted by molar-refractivity contribution is -0.0405. The normalized spacial score (nSPS) is 20.9. The van der Waals surface area contributed by atoms with Crippen LogP contribution in [0.2, 0.25) is 0 Å². The van der Waals surface area contributed by atoms with E-state index < -0.39 is 0 Å². The molecule has 1 fully saturated rings. The van der Waals surface area contributed by atoms with Crippen molar-refractivity contribution >= 4 is 0 Å². The lowest BCUT2D eigenvalue weighted by atomic mass is 10.1. The summed E-state index contributed by atoms with van der Waals surface area (Å²) in [5.41, 5.74) is 7.91. The fraction of sp³-hybridized carbons (Fsp3) is 0.571. The molecule has 1 aliphatic heterocycles. The maximum absolute atomic E-state index is 5.91.